The Hall–Kier alpha value is -3.07. The fourth-order valence-corrected chi connectivity index (χ4v) is 2.44. The number of halogens is 3. The lowest BCUT2D eigenvalue weighted by atomic mass is 10.2. The zero-order valence-electron chi connectivity index (χ0n) is 15.4. The van der Waals surface area contributed by atoms with Gasteiger partial charge in [0.05, 0.1) is 25.9 Å². The summed E-state index contributed by atoms with van der Waals surface area (Å²) in [6.45, 7) is 0.0607. The third-order valence-electron chi connectivity index (χ3n) is 3.76. The number of carbonyl (C=O) groups excluding carboxylic acids is 2. The van der Waals surface area contributed by atoms with Gasteiger partial charge in [0.25, 0.3) is 0 Å². The third-order valence-corrected chi connectivity index (χ3v) is 3.76. The van der Waals surface area contributed by atoms with Crippen LogP contribution >= 0.6 is 0 Å². The second-order valence-electron chi connectivity index (χ2n) is 6.07. The number of hydrogen-bond acceptors (Lipinski definition) is 4. The lowest BCUT2D eigenvalue weighted by molar-refractivity contribution is -0.124. The van der Waals surface area contributed by atoms with Crippen molar-refractivity contribution >= 4 is 17.5 Å². The minimum atomic E-state index is -1.68. The quantitative estimate of drug-likeness (QED) is 0.673. The number of benzene rings is 2. The second-order valence-corrected chi connectivity index (χ2v) is 6.07. The van der Waals surface area contributed by atoms with Crippen molar-refractivity contribution in [3.63, 3.8) is 0 Å². The van der Waals surface area contributed by atoms with Crippen molar-refractivity contribution in [1.82, 2.24) is 10.2 Å². The number of anilines is 1. The van der Waals surface area contributed by atoms with Crippen LogP contribution in [0.3, 0.4) is 0 Å². The van der Waals surface area contributed by atoms with Crippen LogP contribution in [0.25, 0.3) is 0 Å². The van der Waals surface area contributed by atoms with Gasteiger partial charge in [-0.05, 0) is 36.9 Å². The van der Waals surface area contributed by atoms with Crippen molar-refractivity contribution in [2.45, 2.75) is 6.54 Å². The van der Waals surface area contributed by atoms with E-state index in [1.807, 2.05) is 24.3 Å². The number of nitrogens with zero attached hydrogens (tertiary/aromatic N) is 1. The second kappa shape index (κ2) is 9.75. The van der Waals surface area contributed by atoms with Gasteiger partial charge in [0.1, 0.15) is 5.75 Å². The monoisotopic (exact) mass is 395 g/mol. The van der Waals surface area contributed by atoms with E-state index in [0.717, 1.165) is 11.6 Å². The fraction of sp³-hybridized carbons (Fsp3) is 0.263. The van der Waals surface area contributed by atoms with Gasteiger partial charge in [0.2, 0.25) is 11.8 Å². The number of amides is 2. The standard InChI is InChI=1S/C19H20F3N3O3/c1-25(10-12-4-3-5-13(8-12)28-2)11-17(27)23-9-16(26)24-15-7-6-14(20)18(21)19(15)22/h3-8H,9-11H2,1-2H3,(H,23,27)(H,24,26). The highest BCUT2D eigenvalue weighted by atomic mass is 19.2. The van der Waals surface area contributed by atoms with Crippen LogP contribution in [0.4, 0.5) is 18.9 Å². The molecule has 2 amide bonds. The average Bonchev–Trinajstić information content (AvgIpc) is 2.67. The van der Waals surface area contributed by atoms with Gasteiger partial charge in [-0.25, -0.2) is 13.2 Å². The summed E-state index contributed by atoms with van der Waals surface area (Å²) in [4.78, 5) is 25.5. The van der Waals surface area contributed by atoms with Crippen LogP contribution in [0.1, 0.15) is 5.56 Å². The molecule has 0 spiro atoms. The van der Waals surface area contributed by atoms with E-state index >= 15 is 0 Å². The predicted molar refractivity (Wildman–Crippen MR) is 97.3 cm³/mol. The Bertz CT molecular complexity index is 862. The van der Waals surface area contributed by atoms with Gasteiger partial charge in [0.15, 0.2) is 17.5 Å². The lowest BCUT2D eigenvalue weighted by Gasteiger charge is -2.16. The lowest BCUT2D eigenvalue weighted by Crippen LogP contribution is -2.39. The molecular weight excluding hydrogens is 375 g/mol. The van der Waals surface area contributed by atoms with Crippen molar-refractivity contribution in [3.05, 3.63) is 59.4 Å². The number of carbonyl (C=O) groups is 2. The Morgan fingerprint density at radius 3 is 2.54 bits per heavy atom. The largest absolute Gasteiger partial charge is 0.497 e. The smallest absolute Gasteiger partial charge is 0.243 e. The first kappa shape index (κ1) is 21.2. The summed E-state index contributed by atoms with van der Waals surface area (Å²) < 4.78 is 44.7. The molecule has 0 saturated heterocycles. The van der Waals surface area contributed by atoms with E-state index in [9.17, 15) is 22.8 Å². The number of nitrogens with one attached hydrogen (secondary N) is 2. The maximum atomic E-state index is 13.5. The molecule has 0 aromatic heterocycles. The van der Waals surface area contributed by atoms with Crippen molar-refractivity contribution in [2.24, 2.45) is 0 Å². The number of hydrogen-bond donors (Lipinski definition) is 2. The Labute approximate surface area is 160 Å². The number of rotatable bonds is 8. The molecule has 0 fully saturated rings. The summed E-state index contributed by atoms with van der Waals surface area (Å²) >= 11 is 0. The zero-order valence-corrected chi connectivity index (χ0v) is 15.4. The molecule has 6 nitrogen and oxygen atoms in total. The number of ether oxygens (including phenoxy) is 1. The SMILES string of the molecule is COc1cccc(CN(C)CC(=O)NCC(=O)Nc2ccc(F)c(F)c2F)c1. The molecule has 0 atom stereocenters. The first-order valence-electron chi connectivity index (χ1n) is 8.31. The highest BCUT2D eigenvalue weighted by molar-refractivity contribution is 5.94. The Balaban J connectivity index is 1.80. The third kappa shape index (κ3) is 5.98. The molecule has 2 N–H and O–H groups in total. The van der Waals surface area contributed by atoms with Crippen LogP contribution in [0.2, 0.25) is 0 Å². The first-order chi connectivity index (χ1) is 13.3. The van der Waals surface area contributed by atoms with Gasteiger partial charge in [0, 0.05) is 6.54 Å². The Kier molecular flexibility index (Phi) is 7.39. The topological polar surface area (TPSA) is 70.7 Å². The van der Waals surface area contributed by atoms with E-state index in [-0.39, 0.29) is 6.54 Å². The molecule has 2 rings (SSSR count). The molecule has 0 aliphatic heterocycles. The molecule has 0 heterocycles. The Morgan fingerprint density at radius 2 is 1.82 bits per heavy atom. The van der Waals surface area contributed by atoms with Crippen LogP contribution in [-0.4, -0.2) is 44.0 Å². The molecule has 28 heavy (non-hydrogen) atoms. The predicted octanol–water partition coefficient (Wildman–Crippen LogP) is 2.30. The summed E-state index contributed by atoms with van der Waals surface area (Å²) in [6, 6.07) is 8.98. The van der Waals surface area contributed by atoms with Crippen molar-refractivity contribution in [3.8, 4) is 5.75 Å². The summed E-state index contributed by atoms with van der Waals surface area (Å²) in [6.07, 6.45) is 0. The van der Waals surface area contributed by atoms with Crippen LogP contribution in [0.5, 0.6) is 5.75 Å². The molecule has 0 radical (unpaired) electrons. The molecule has 150 valence electrons. The van der Waals surface area contributed by atoms with E-state index in [2.05, 4.69) is 10.6 Å². The van der Waals surface area contributed by atoms with Gasteiger partial charge in [-0.15, -0.1) is 0 Å². The van der Waals surface area contributed by atoms with E-state index in [1.54, 1.807) is 19.1 Å². The average molecular weight is 395 g/mol. The fourth-order valence-electron chi connectivity index (χ4n) is 2.44. The maximum Gasteiger partial charge on any atom is 0.243 e. The summed E-state index contributed by atoms with van der Waals surface area (Å²) in [5, 5.41) is 4.46. The molecule has 2 aromatic carbocycles. The van der Waals surface area contributed by atoms with E-state index in [4.69, 9.17) is 4.74 Å². The molecule has 0 unspecified atom stereocenters. The molecule has 9 heteroatoms. The molecule has 0 aliphatic rings. The molecule has 0 saturated carbocycles. The minimum Gasteiger partial charge on any atom is -0.497 e. The molecule has 0 bridgehead atoms. The van der Waals surface area contributed by atoms with Gasteiger partial charge >= 0.3 is 0 Å². The van der Waals surface area contributed by atoms with E-state index in [0.29, 0.717) is 18.4 Å². The van der Waals surface area contributed by atoms with Crippen molar-refractivity contribution in [1.29, 1.82) is 0 Å². The summed E-state index contributed by atoms with van der Waals surface area (Å²) in [7, 11) is 3.29. The molecular formula is C19H20F3N3O3. The van der Waals surface area contributed by atoms with Crippen molar-refractivity contribution < 1.29 is 27.5 Å². The van der Waals surface area contributed by atoms with Gasteiger partial charge in [-0.3, -0.25) is 14.5 Å². The Morgan fingerprint density at radius 1 is 1.07 bits per heavy atom. The number of likely N-dealkylation sites (N-methyl/N-ethyl adjacent to an activating group) is 1. The summed E-state index contributed by atoms with van der Waals surface area (Å²) in [5.41, 5.74) is 0.439. The first-order valence-corrected chi connectivity index (χ1v) is 8.31. The van der Waals surface area contributed by atoms with Crippen LogP contribution in [0, 0.1) is 17.5 Å². The van der Waals surface area contributed by atoms with Gasteiger partial charge in [-0.2, -0.15) is 0 Å². The number of methoxy groups -OCH3 is 1. The van der Waals surface area contributed by atoms with Gasteiger partial charge < -0.3 is 15.4 Å². The maximum absolute atomic E-state index is 13.5. The van der Waals surface area contributed by atoms with Crippen LogP contribution < -0.4 is 15.4 Å². The van der Waals surface area contributed by atoms with Crippen LogP contribution in [0.15, 0.2) is 36.4 Å². The van der Waals surface area contributed by atoms with E-state index in [1.165, 1.54) is 0 Å². The zero-order chi connectivity index (χ0) is 20.7. The highest BCUT2D eigenvalue weighted by Crippen LogP contribution is 2.19. The van der Waals surface area contributed by atoms with Gasteiger partial charge in [-0.1, -0.05) is 12.1 Å². The molecule has 2 aromatic rings. The van der Waals surface area contributed by atoms with E-state index < -0.39 is 41.5 Å². The highest BCUT2D eigenvalue weighted by Gasteiger charge is 2.16. The molecule has 0 aliphatic carbocycles. The normalized spacial score (nSPS) is 10.6. The summed E-state index contributed by atoms with van der Waals surface area (Å²) in [5.74, 6) is -5.03. The minimum absolute atomic E-state index is 0.0179. The van der Waals surface area contributed by atoms with Crippen LogP contribution in [-0.2, 0) is 16.1 Å². The van der Waals surface area contributed by atoms with Crippen molar-refractivity contribution in [2.75, 3.05) is 32.6 Å².